The molecule has 0 saturated carbocycles. The second-order valence-corrected chi connectivity index (χ2v) is 3.66. The van der Waals surface area contributed by atoms with Gasteiger partial charge in [0.1, 0.15) is 12.0 Å². The van der Waals surface area contributed by atoms with Gasteiger partial charge < -0.3 is 5.11 Å². The molecule has 1 aromatic carbocycles. The van der Waals surface area contributed by atoms with E-state index in [1.165, 1.54) is 0 Å². The average molecular weight is 278 g/mol. The fourth-order valence-corrected chi connectivity index (χ4v) is 1.55. The van der Waals surface area contributed by atoms with Crippen LogP contribution in [0, 0.1) is 20.2 Å². The van der Waals surface area contributed by atoms with Crippen molar-refractivity contribution in [2.45, 2.75) is 0 Å². The van der Waals surface area contributed by atoms with Gasteiger partial charge in [-0.15, -0.1) is 0 Å². The van der Waals surface area contributed by atoms with E-state index < -0.39 is 27.2 Å². The lowest BCUT2D eigenvalue weighted by atomic mass is 10.2. The van der Waals surface area contributed by atoms with Gasteiger partial charge in [0.2, 0.25) is 0 Å². The van der Waals surface area contributed by atoms with Crippen LogP contribution in [0.3, 0.4) is 0 Å². The van der Waals surface area contributed by atoms with E-state index in [2.05, 4.69) is 4.98 Å². The Morgan fingerprint density at radius 1 is 1.25 bits per heavy atom. The van der Waals surface area contributed by atoms with Crippen molar-refractivity contribution in [3.05, 3.63) is 56.6 Å². The van der Waals surface area contributed by atoms with Gasteiger partial charge in [0.15, 0.2) is 5.69 Å². The Labute approximate surface area is 110 Å². The third-order valence-electron chi connectivity index (χ3n) is 2.45. The molecule has 102 valence electrons. The summed E-state index contributed by atoms with van der Waals surface area (Å²) in [4.78, 5) is 34.3. The van der Waals surface area contributed by atoms with Crippen LogP contribution in [0.25, 0.3) is 5.69 Å². The fourth-order valence-electron chi connectivity index (χ4n) is 1.55. The van der Waals surface area contributed by atoms with Crippen molar-refractivity contribution in [1.82, 2.24) is 9.55 Å². The SMILES string of the molecule is O=C(O)c1cn(-c2ccc([N+](=O)[O-])cc2[N+](=O)[O-])cn1. The number of nitro groups is 2. The summed E-state index contributed by atoms with van der Waals surface area (Å²) in [6.07, 6.45) is 2.16. The Bertz CT molecular complexity index is 722. The zero-order chi connectivity index (χ0) is 14.9. The third kappa shape index (κ3) is 2.29. The van der Waals surface area contributed by atoms with Gasteiger partial charge >= 0.3 is 5.97 Å². The van der Waals surface area contributed by atoms with E-state index in [0.717, 1.165) is 35.3 Å². The number of carboxylic acids is 1. The fraction of sp³-hybridized carbons (Fsp3) is 0. The Morgan fingerprint density at radius 2 is 1.95 bits per heavy atom. The van der Waals surface area contributed by atoms with Gasteiger partial charge in [-0.25, -0.2) is 9.78 Å². The predicted octanol–water partition coefficient (Wildman–Crippen LogP) is 1.39. The molecule has 2 rings (SSSR count). The van der Waals surface area contributed by atoms with Crippen LogP contribution in [0.15, 0.2) is 30.7 Å². The zero-order valence-corrected chi connectivity index (χ0v) is 9.66. The van der Waals surface area contributed by atoms with E-state index >= 15 is 0 Å². The first-order valence-electron chi connectivity index (χ1n) is 5.10. The van der Waals surface area contributed by atoms with Gasteiger partial charge in [0.25, 0.3) is 11.4 Å². The molecule has 0 fully saturated rings. The Hall–Kier alpha value is -3.30. The van der Waals surface area contributed by atoms with Gasteiger partial charge in [0, 0.05) is 12.3 Å². The molecule has 0 spiro atoms. The van der Waals surface area contributed by atoms with Crippen LogP contribution in [0.5, 0.6) is 0 Å². The van der Waals surface area contributed by atoms with E-state index in [4.69, 9.17) is 5.11 Å². The maximum Gasteiger partial charge on any atom is 0.356 e. The maximum absolute atomic E-state index is 10.9. The highest BCUT2D eigenvalue weighted by Crippen LogP contribution is 2.27. The average Bonchev–Trinajstić information content (AvgIpc) is 2.87. The third-order valence-corrected chi connectivity index (χ3v) is 2.45. The minimum atomic E-state index is -1.28. The lowest BCUT2D eigenvalue weighted by molar-refractivity contribution is -0.394. The molecule has 10 nitrogen and oxygen atoms in total. The number of carbonyl (C=O) groups is 1. The number of hydrogen-bond donors (Lipinski definition) is 1. The van der Waals surface area contributed by atoms with Crippen molar-refractivity contribution in [1.29, 1.82) is 0 Å². The van der Waals surface area contributed by atoms with Gasteiger partial charge in [0.05, 0.1) is 15.9 Å². The molecule has 0 aliphatic rings. The Kier molecular flexibility index (Phi) is 3.13. The number of non-ortho nitro benzene ring substituents is 1. The molecule has 0 aliphatic carbocycles. The number of hydrogen-bond acceptors (Lipinski definition) is 6. The zero-order valence-electron chi connectivity index (χ0n) is 9.66. The van der Waals surface area contributed by atoms with Crippen molar-refractivity contribution >= 4 is 17.3 Å². The molecule has 1 heterocycles. The number of nitrogens with zero attached hydrogens (tertiary/aromatic N) is 4. The number of nitro benzene ring substituents is 2. The minimum absolute atomic E-state index is 0.0133. The highest BCUT2D eigenvalue weighted by molar-refractivity contribution is 5.85. The van der Waals surface area contributed by atoms with Crippen molar-refractivity contribution in [2.75, 3.05) is 0 Å². The molecule has 0 bridgehead atoms. The molecule has 0 atom stereocenters. The highest BCUT2D eigenvalue weighted by Gasteiger charge is 2.21. The highest BCUT2D eigenvalue weighted by atomic mass is 16.6. The first kappa shape index (κ1) is 13.1. The van der Waals surface area contributed by atoms with Gasteiger partial charge in [-0.05, 0) is 6.07 Å². The van der Waals surface area contributed by atoms with Crippen LogP contribution in [-0.4, -0.2) is 30.5 Å². The smallest absolute Gasteiger partial charge is 0.356 e. The molecule has 0 aliphatic heterocycles. The summed E-state index contributed by atoms with van der Waals surface area (Å²) >= 11 is 0. The molecule has 0 unspecified atom stereocenters. The van der Waals surface area contributed by atoms with E-state index in [9.17, 15) is 25.0 Å². The minimum Gasteiger partial charge on any atom is -0.476 e. The molecule has 0 radical (unpaired) electrons. The number of imidazole rings is 1. The molecular formula is C10H6N4O6. The number of aromatic nitrogens is 2. The van der Waals surface area contributed by atoms with Crippen molar-refractivity contribution in [3.63, 3.8) is 0 Å². The van der Waals surface area contributed by atoms with Crippen molar-refractivity contribution in [3.8, 4) is 5.69 Å². The van der Waals surface area contributed by atoms with E-state index in [-0.39, 0.29) is 11.4 Å². The number of carboxylic acid groups (broad SMARTS) is 1. The topological polar surface area (TPSA) is 141 Å². The van der Waals surface area contributed by atoms with E-state index in [0.29, 0.717) is 0 Å². The summed E-state index contributed by atoms with van der Waals surface area (Å²) in [5.41, 5.74) is -1.26. The van der Waals surface area contributed by atoms with E-state index in [1.54, 1.807) is 0 Å². The van der Waals surface area contributed by atoms with E-state index in [1.807, 2.05) is 0 Å². The van der Waals surface area contributed by atoms with Gasteiger partial charge in [-0.3, -0.25) is 24.8 Å². The van der Waals surface area contributed by atoms with Crippen LogP contribution in [-0.2, 0) is 0 Å². The van der Waals surface area contributed by atoms with Crippen LogP contribution in [0.4, 0.5) is 11.4 Å². The number of aromatic carboxylic acids is 1. The molecule has 1 N–H and O–H groups in total. The van der Waals surface area contributed by atoms with Crippen LogP contribution in [0.1, 0.15) is 10.5 Å². The molecule has 2 aromatic rings. The first-order chi connectivity index (χ1) is 9.40. The summed E-state index contributed by atoms with van der Waals surface area (Å²) in [5.74, 6) is -1.28. The number of rotatable bonds is 4. The predicted molar refractivity (Wildman–Crippen MR) is 63.8 cm³/mol. The lowest BCUT2D eigenvalue weighted by Gasteiger charge is -2.02. The van der Waals surface area contributed by atoms with Gasteiger partial charge in [-0.1, -0.05) is 0 Å². The molecule has 0 amide bonds. The summed E-state index contributed by atoms with van der Waals surface area (Å²) in [6, 6.07) is 3.04. The summed E-state index contributed by atoms with van der Waals surface area (Å²) in [7, 11) is 0. The van der Waals surface area contributed by atoms with Crippen molar-refractivity contribution < 1.29 is 19.7 Å². The Morgan fingerprint density at radius 3 is 2.45 bits per heavy atom. The largest absolute Gasteiger partial charge is 0.476 e. The summed E-state index contributed by atoms with van der Waals surface area (Å²) in [5, 5.41) is 30.3. The first-order valence-corrected chi connectivity index (χ1v) is 5.10. The standard InChI is InChI=1S/C10H6N4O6/c15-10(16)7-4-12(5-11-7)8-2-1-6(13(17)18)3-9(8)14(19)20/h1-5H,(H,15,16). The molecule has 20 heavy (non-hydrogen) atoms. The Balaban J connectivity index is 2.57. The van der Waals surface area contributed by atoms with Crippen LogP contribution < -0.4 is 0 Å². The lowest BCUT2D eigenvalue weighted by Crippen LogP contribution is -2.00. The quantitative estimate of drug-likeness (QED) is 0.657. The monoisotopic (exact) mass is 278 g/mol. The molecule has 1 aromatic heterocycles. The molecule has 10 heteroatoms. The normalized spacial score (nSPS) is 10.2. The number of benzene rings is 1. The second kappa shape index (κ2) is 4.76. The summed E-state index contributed by atoms with van der Waals surface area (Å²) in [6.45, 7) is 0. The van der Waals surface area contributed by atoms with Crippen LogP contribution in [0.2, 0.25) is 0 Å². The maximum atomic E-state index is 10.9. The molecule has 0 saturated heterocycles. The van der Waals surface area contributed by atoms with Gasteiger partial charge in [-0.2, -0.15) is 0 Å². The summed E-state index contributed by atoms with van der Waals surface area (Å²) < 4.78 is 1.12. The second-order valence-electron chi connectivity index (χ2n) is 3.66. The molecular weight excluding hydrogens is 272 g/mol. The van der Waals surface area contributed by atoms with Crippen LogP contribution >= 0.6 is 0 Å². The van der Waals surface area contributed by atoms with Crippen molar-refractivity contribution in [2.24, 2.45) is 0 Å².